The van der Waals surface area contributed by atoms with Gasteiger partial charge in [-0.15, -0.1) is 0 Å². The van der Waals surface area contributed by atoms with Crippen molar-refractivity contribution in [2.45, 2.75) is 26.3 Å². The molecule has 19 heavy (non-hydrogen) atoms. The Balaban J connectivity index is 2.48. The van der Waals surface area contributed by atoms with Gasteiger partial charge in [-0.1, -0.05) is 0 Å². The van der Waals surface area contributed by atoms with Gasteiger partial charge in [0, 0.05) is 19.0 Å². The predicted molar refractivity (Wildman–Crippen MR) is 68.3 cm³/mol. The van der Waals surface area contributed by atoms with Gasteiger partial charge in [-0.25, -0.2) is 4.39 Å². The summed E-state index contributed by atoms with van der Waals surface area (Å²) in [4.78, 5) is 23.0. The second-order valence-corrected chi connectivity index (χ2v) is 4.39. The Morgan fingerprint density at radius 1 is 1.37 bits per heavy atom. The molecule has 0 aliphatic heterocycles. The van der Waals surface area contributed by atoms with Gasteiger partial charge in [0.25, 0.3) is 5.91 Å². The number of carbonyl (C=O) groups excluding carboxylic acids is 2. The number of amides is 2. The third-order valence-electron chi connectivity index (χ3n) is 2.29. The Bertz CT molecular complexity index is 475. The largest absolute Gasteiger partial charge is 0.507 e. The zero-order valence-corrected chi connectivity index (χ0v) is 10.9. The monoisotopic (exact) mass is 268 g/mol. The van der Waals surface area contributed by atoms with Crippen LogP contribution in [0.4, 0.5) is 4.39 Å². The standard InChI is InChI=1S/C13H17FN2O3/c1-8(2)16-12(18)5-6-15-13(19)10-7-9(14)3-4-11(10)17/h3-4,7-8,17H,5-6H2,1-2H3,(H,15,19)(H,16,18). The Hall–Kier alpha value is -2.11. The molecule has 1 aromatic rings. The first kappa shape index (κ1) is 14.9. The number of nitrogens with one attached hydrogen (secondary N) is 2. The average molecular weight is 268 g/mol. The Morgan fingerprint density at radius 3 is 2.68 bits per heavy atom. The molecule has 2 amide bonds. The number of halogens is 1. The van der Waals surface area contributed by atoms with Crippen LogP contribution >= 0.6 is 0 Å². The summed E-state index contributed by atoms with van der Waals surface area (Å²) < 4.78 is 12.9. The fourth-order valence-electron chi connectivity index (χ4n) is 1.47. The summed E-state index contributed by atoms with van der Waals surface area (Å²) in [6, 6.07) is 3.15. The molecule has 0 unspecified atom stereocenters. The number of phenolic OH excluding ortho intramolecular Hbond substituents is 1. The average Bonchev–Trinajstić information content (AvgIpc) is 2.31. The molecule has 104 valence electrons. The van der Waals surface area contributed by atoms with Gasteiger partial charge < -0.3 is 15.7 Å². The molecule has 0 heterocycles. The molecule has 0 fully saturated rings. The Kier molecular flexibility index (Phi) is 5.29. The fourth-order valence-corrected chi connectivity index (χ4v) is 1.47. The highest BCUT2D eigenvalue weighted by molar-refractivity contribution is 5.97. The highest BCUT2D eigenvalue weighted by atomic mass is 19.1. The minimum absolute atomic E-state index is 0.0375. The molecule has 0 spiro atoms. The number of carbonyl (C=O) groups is 2. The van der Waals surface area contributed by atoms with E-state index in [9.17, 15) is 19.1 Å². The van der Waals surface area contributed by atoms with E-state index in [1.54, 1.807) is 0 Å². The van der Waals surface area contributed by atoms with Crippen molar-refractivity contribution in [2.75, 3.05) is 6.54 Å². The van der Waals surface area contributed by atoms with E-state index in [4.69, 9.17) is 0 Å². The van der Waals surface area contributed by atoms with Gasteiger partial charge in [0.2, 0.25) is 5.91 Å². The highest BCUT2D eigenvalue weighted by Gasteiger charge is 2.12. The van der Waals surface area contributed by atoms with Crippen LogP contribution in [0, 0.1) is 5.82 Å². The molecule has 5 nitrogen and oxygen atoms in total. The molecule has 1 aromatic carbocycles. The van der Waals surface area contributed by atoms with Crippen LogP contribution in [-0.4, -0.2) is 29.5 Å². The van der Waals surface area contributed by atoms with E-state index >= 15 is 0 Å². The number of benzene rings is 1. The van der Waals surface area contributed by atoms with Crippen LogP contribution in [0.1, 0.15) is 30.6 Å². The molecular weight excluding hydrogens is 251 g/mol. The molecule has 0 radical (unpaired) electrons. The Labute approximate surface area is 110 Å². The quantitative estimate of drug-likeness (QED) is 0.750. The summed E-state index contributed by atoms with van der Waals surface area (Å²) >= 11 is 0. The van der Waals surface area contributed by atoms with Crippen molar-refractivity contribution in [1.82, 2.24) is 10.6 Å². The molecule has 6 heteroatoms. The molecule has 0 saturated heterocycles. The van der Waals surface area contributed by atoms with Gasteiger partial charge in [0.05, 0.1) is 5.56 Å². The van der Waals surface area contributed by atoms with Crippen LogP contribution in [0.25, 0.3) is 0 Å². The summed E-state index contributed by atoms with van der Waals surface area (Å²) in [5, 5.41) is 14.5. The van der Waals surface area contributed by atoms with Crippen molar-refractivity contribution in [3.05, 3.63) is 29.6 Å². The van der Waals surface area contributed by atoms with Crippen molar-refractivity contribution in [3.63, 3.8) is 0 Å². The zero-order valence-electron chi connectivity index (χ0n) is 10.9. The maximum atomic E-state index is 12.9. The molecule has 3 N–H and O–H groups in total. The van der Waals surface area contributed by atoms with Gasteiger partial charge in [-0.2, -0.15) is 0 Å². The maximum absolute atomic E-state index is 12.9. The van der Waals surface area contributed by atoms with Gasteiger partial charge in [0.15, 0.2) is 0 Å². The second kappa shape index (κ2) is 6.72. The first-order chi connectivity index (χ1) is 8.90. The minimum Gasteiger partial charge on any atom is -0.507 e. The SMILES string of the molecule is CC(C)NC(=O)CCNC(=O)c1cc(F)ccc1O. The molecule has 0 bridgehead atoms. The summed E-state index contributed by atoms with van der Waals surface area (Å²) in [7, 11) is 0. The van der Waals surface area contributed by atoms with E-state index in [-0.39, 0.29) is 36.2 Å². The van der Waals surface area contributed by atoms with Gasteiger partial charge in [-0.05, 0) is 32.0 Å². The van der Waals surface area contributed by atoms with Crippen molar-refractivity contribution in [3.8, 4) is 5.75 Å². The molecular formula is C13H17FN2O3. The first-order valence-corrected chi connectivity index (χ1v) is 5.96. The van der Waals surface area contributed by atoms with Gasteiger partial charge >= 0.3 is 0 Å². The van der Waals surface area contributed by atoms with E-state index in [0.717, 1.165) is 18.2 Å². The van der Waals surface area contributed by atoms with Crippen LogP contribution in [0.5, 0.6) is 5.75 Å². The van der Waals surface area contributed by atoms with Crippen molar-refractivity contribution < 1.29 is 19.1 Å². The molecule has 0 atom stereocenters. The van der Waals surface area contributed by atoms with Crippen molar-refractivity contribution in [2.24, 2.45) is 0 Å². The van der Waals surface area contributed by atoms with E-state index in [1.165, 1.54) is 0 Å². The number of phenols is 1. The van der Waals surface area contributed by atoms with Gasteiger partial charge in [0.1, 0.15) is 11.6 Å². The normalized spacial score (nSPS) is 10.3. The number of aromatic hydroxyl groups is 1. The smallest absolute Gasteiger partial charge is 0.255 e. The van der Waals surface area contributed by atoms with Gasteiger partial charge in [-0.3, -0.25) is 9.59 Å². The third kappa shape index (κ3) is 4.95. The number of hydrogen-bond acceptors (Lipinski definition) is 3. The summed E-state index contributed by atoms with van der Waals surface area (Å²) in [5.74, 6) is -1.71. The number of hydrogen-bond donors (Lipinski definition) is 3. The van der Waals surface area contributed by atoms with Crippen molar-refractivity contribution in [1.29, 1.82) is 0 Å². The minimum atomic E-state index is -0.616. The summed E-state index contributed by atoms with van der Waals surface area (Å²) in [5.41, 5.74) is -0.149. The number of rotatable bonds is 5. The van der Waals surface area contributed by atoms with E-state index in [1.807, 2.05) is 13.8 Å². The van der Waals surface area contributed by atoms with E-state index in [2.05, 4.69) is 10.6 Å². The zero-order chi connectivity index (χ0) is 14.4. The highest BCUT2D eigenvalue weighted by Crippen LogP contribution is 2.17. The second-order valence-electron chi connectivity index (χ2n) is 4.39. The van der Waals surface area contributed by atoms with Crippen LogP contribution in [0.15, 0.2) is 18.2 Å². The molecule has 0 aliphatic carbocycles. The van der Waals surface area contributed by atoms with Crippen LogP contribution in [0.2, 0.25) is 0 Å². The fraction of sp³-hybridized carbons (Fsp3) is 0.385. The topological polar surface area (TPSA) is 78.4 Å². The lowest BCUT2D eigenvalue weighted by Gasteiger charge is -2.09. The molecule has 1 rings (SSSR count). The molecule has 0 aromatic heterocycles. The summed E-state index contributed by atoms with van der Waals surface area (Å²) in [6.45, 7) is 3.79. The van der Waals surface area contributed by atoms with E-state index < -0.39 is 11.7 Å². The molecule has 0 aliphatic rings. The Morgan fingerprint density at radius 2 is 2.05 bits per heavy atom. The van der Waals surface area contributed by atoms with Crippen molar-refractivity contribution >= 4 is 11.8 Å². The maximum Gasteiger partial charge on any atom is 0.255 e. The predicted octanol–water partition coefficient (Wildman–Crippen LogP) is 1.18. The van der Waals surface area contributed by atoms with Crippen LogP contribution in [-0.2, 0) is 4.79 Å². The summed E-state index contributed by atoms with van der Waals surface area (Å²) in [6.07, 6.45) is 0.125. The van der Waals surface area contributed by atoms with Crippen LogP contribution in [0.3, 0.4) is 0 Å². The lowest BCUT2D eigenvalue weighted by atomic mass is 10.2. The van der Waals surface area contributed by atoms with E-state index in [0.29, 0.717) is 0 Å². The van der Waals surface area contributed by atoms with Crippen LogP contribution < -0.4 is 10.6 Å². The lowest BCUT2D eigenvalue weighted by Crippen LogP contribution is -2.34. The lowest BCUT2D eigenvalue weighted by molar-refractivity contribution is -0.121. The molecule has 0 saturated carbocycles. The first-order valence-electron chi connectivity index (χ1n) is 5.96. The third-order valence-corrected chi connectivity index (χ3v) is 2.29.